The van der Waals surface area contributed by atoms with Crippen LogP contribution in [0, 0.1) is 23.0 Å². The van der Waals surface area contributed by atoms with E-state index >= 15 is 0 Å². The van der Waals surface area contributed by atoms with Crippen LogP contribution in [0.1, 0.15) is 35.9 Å². The number of nitrogens with zero attached hydrogens (tertiary/aromatic N) is 4. The number of nitro groups is 1. The van der Waals surface area contributed by atoms with Gasteiger partial charge in [0.2, 0.25) is 5.69 Å². The summed E-state index contributed by atoms with van der Waals surface area (Å²) < 4.78 is 1.19. The van der Waals surface area contributed by atoms with Gasteiger partial charge in [-0.05, 0) is 19.8 Å². The summed E-state index contributed by atoms with van der Waals surface area (Å²) >= 11 is 0. The number of carboxylic acids is 1. The van der Waals surface area contributed by atoms with E-state index in [0.29, 0.717) is 0 Å². The van der Waals surface area contributed by atoms with Crippen LogP contribution in [-0.2, 0) is 11.8 Å². The summed E-state index contributed by atoms with van der Waals surface area (Å²) in [5.74, 6) is -2.28. The average Bonchev–Trinajstić information content (AvgIpc) is 3.19. The van der Waals surface area contributed by atoms with Crippen molar-refractivity contribution in [2.75, 3.05) is 6.54 Å². The van der Waals surface area contributed by atoms with Crippen molar-refractivity contribution >= 4 is 17.6 Å². The zero-order chi connectivity index (χ0) is 16.6. The first-order valence-corrected chi connectivity index (χ1v) is 6.95. The molecule has 0 saturated heterocycles. The van der Waals surface area contributed by atoms with Crippen molar-refractivity contribution in [3.8, 4) is 0 Å². The molecule has 1 atom stereocenters. The first kappa shape index (κ1) is 15.9. The predicted molar refractivity (Wildman–Crippen MR) is 75.5 cm³/mol. The van der Waals surface area contributed by atoms with Crippen LogP contribution in [0.4, 0.5) is 5.69 Å². The number of aliphatic carboxylic acids is 1. The maximum atomic E-state index is 12.7. The summed E-state index contributed by atoms with van der Waals surface area (Å²) in [4.78, 5) is 35.7. The van der Waals surface area contributed by atoms with Crippen molar-refractivity contribution in [3.05, 3.63) is 21.5 Å². The smallest absolute Gasteiger partial charge is 0.322 e. The third kappa shape index (κ3) is 2.92. The Hall–Kier alpha value is -2.45. The minimum absolute atomic E-state index is 0.0280. The number of aromatic nitrogens is 2. The second kappa shape index (κ2) is 5.74. The van der Waals surface area contributed by atoms with Gasteiger partial charge in [-0.25, -0.2) is 0 Å². The molecule has 1 aliphatic rings. The molecule has 0 aromatic carbocycles. The lowest BCUT2D eigenvalue weighted by Gasteiger charge is -2.24. The highest BCUT2D eigenvalue weighted by molar-refractivity contribution is 5.97. The lowest BCUT2D eigenvalue weighted by atomic mass is 10.1. The van der Waals surface area contributed by atoms with Crippen LogP contribution in [0.2, 0.25) is 0 Å². The van der Waals surface area contributed by atoms with E-state index in [0.717, 1.165) is 12.8 Å². The molecule has 1 aliphatic carbocycles. The van der Waals surface area contributed by atoms with Gasteiger partial charge in [0, 0.05) is 19.6 Å². The number of aryl methyl sites for hydroxylation is 2. The third-order valence-corrected chi connectivity index (χ3v) is 3.72. The van der Waals surface area contributed by atoms with Gasteiger partial charge in [-0.15, -0.1) is 0 Å². The molecular formula is C13H18N4O5. The van der Waals surface area contributed by atoms with Crippen molar-refractivity contribution in [2.24, 2.45) is 13.0 Å². The van der Waals surface area contributed by atoms with Gasteiger partial charge >= 0.3 is 11.7 Å². The van der Waals surface area contributed by atoms with Crippen molar-refractivity contribution in [3.63, 3.8) is 0 Å². The topological polar surface area (TPSA) is 119 Å². The fourth-order valence-electron chi connectivity index (χ4n) is 2.40. The largest absolute Gasteiger partial charge is 0.481 e. The molecule has 1 N–H and O–H groups in total. The van der Waals surface area contributed by atoms with E-state index in [-0.39, 0.29) is 29.7 Å². The monoisotopic (exact) mass is 310 g/mol. The molecule has 0 radical (unpaired) electrons. The van der Waals surface area contributed by atoms with E-state index in [1.165, 1.54) is 30.5 Å². The van der Waals surface area contributed by atoms with Crippen molar-refractivity contribution < 1.29 is 19.6 Å². The molecule has 1 aromatic rings. The Bertz CT molecular complexity index is 635. The number of carboxylic acid groups (broad SMARTS) is 1. The number of rotatable bonds is 6. The van der Waals surface area contributed by atoms with Crippen LogP contribution < -0.4 is 0 Å². The predicted octanol–water partition coefficient (Wildman–Crippen LogP) is 0.962. The summed E-state index contributed by atoms with van der Waals surface area (Å²) in [6, 6.07) is -0.0517. The van der Waals surface area contributed by atoms with E-state index in [1.807, 2.05) is 0 Å². The number of carbonyl (C=O) groups is 2. The second-order valence-corrected chi connectivity index (χ2v) is 5.59. The molecule has 9 heteroatoms. The lowest BCUT2D eigenvalue weighted by molar-refractivity contribution is -0.385. The Morgan fingerprint density at radius 3 is 2.59 bits per heavy atom. The maximum absolute atomic E-state index is 12.7. The molecule has 22 heavy (non-hydrogen) atoms. The molecule has 1 amide bonds. The molecule has 1 saturated carbocycles. The van der Waals surface area contributed by atoms with E-state index in [2.05, 4.69) is 5.10 Å². The van der Waals surface area contributed by atoms with E-state index in [4.69, 9.17) is 5.11 Å². The van der Waals surface area contributed by atoms with Crippen LogP contribution in [0.3, 0.4) is 0 Å². The quantitative estimate of drug-likeness (QED) is 0.617. The number of carbonyl (C=O) groups excluding carboxylic acids is 1. The van der Waals surface area contributed by atoms with Gasteiger partial charge in [-0.2, -0.15) is 5.10 Å². The van der Waals surface area contributed by atoms with Crippen LogP contribution >= 0.6 is 0 Å². The zero-order valence-electron chi connectivity index (χ0n) is 12.6. The Balaban J connectivity index is 2.36. The first-order chi connectivity index (χ1) is 10.2. The summed E-state index contributed by atoms with van der Waals surface area (Å²) in [5, 5.41) is 24.2. The minimum Gasteiger partial charge on any atom is -0.481 e. The highest BCUT2D eigenvalue weighted by Gasteiger charge is 2.39. The molecule has 9 nitrogen and oxygen atoms in total. The van der Waals surface area contributed by atoms with Gasteiger partial charge in [-0.3, -0.25) is 24.4 Å². The van der Waals surface area contributed by atoms with Gasteiger partial charge in [0.25, 0.3) is 5.91 Å². The average molecular weight is 310 g/mol. The van der Waals surface area contributed by atoms with Crippen LogP contribution in [0.25, 0.3) is 0 Å². The fraction of sp³-hybridized carbons (Fsp3) is 0.615. The zero-order valence-corrected chi connectivity index (χ0v) is 12.6. The molecule has 120 valence electrons. The van der Waals surface area contributed by atoms with Gasteiger partial charge < -0.3 is 10.0 Å². The van der Waals surface area contributed by atoms with Gasteiger partial charge in [0.05, 0.1) is 10.8 Å². The van der Waals surface area contributed by atoms with Crippen LogP contribution in [0.15, 0.2) is 0 Å². The SMILES string of the molecule is Cc1nn(C)c(C(=O)N(CC(C)C(=O)O)C2CC2)c1[N+](=O)[O-]. The van der Waals surface area contributed by atoms with Crippen LogP contribution in [0.5, 0.6) is 0 Å². The second-order valence-electron chi connectivity index (χ2n) is 5.59. The van der Waals surface area contributed by atoms with Crippen molar-refractivity contribution in [2.45, 2.75) is 32.7 Å². The van der Waals surface area contributed by atoms with E-state index < -0.39 is 22.7 Å². The van der Waals surface area contributed by atoms with Crippen LogP contribution in [-0.4, -0.2) is 49.2 Å². The summed E-state index contributed by atoms with van der Waals surface area (Å²) in [5.41, 5.74) is -0.258. The minimum atomic E-state index is -1.01. The summed E-state index contributed by atoms with van der Waals surface area (Å²) in [6.45, 7) is 3.00. The highest BCUT2D eigenvalue weighted by atomic mass is 16.6. The Kier molecular flexibility index (Phi) is 4.16. The fourth-order valence-corrected chi connectivity index (χ4v) is 2.40. The Morgan fingerprint density at radius 1 is 1.55 bits per heavy atom. The molecule has 1 aromatic heterocycles. The molecule has 1 heterocycles. The Morgan fingerprint density at radius 2 is 2.14 bits per heavy atom. The first-order valence-electron chi connectivity index (χ1n) is 6.95. The summed E-state index contributed by atoms with van der Waals surface area (Å²) in [6.07, 6.45) is 1.56. The molecule has 1 unspecified atom stereocenters. The molecule has 0 bridgehead atoms. The number of amides is 1. The van der Waals surface area contributed by atoms with Gasteiger partial charge in [-0.1, -0.05) is 6.92 Å². The van der Waals surface area contributed by atoms with Crippen molar-refractivity contribution in [1.82, 2.24) is 14.7 Å². The van der Waals surface area contributed by atoms with Crippen molar-refractivity contribution in [1.29, 1.82) is 0 Å². The lowest BCUT2D eigenvalue weighted by Crippen LogP contribution is -2.39. The highest BCUT2D eigenvalue weighted by Crippen LogP contribution is 2.31. The molecular weight excluding hydrogens is 292 g/mol. The molecule has 2 rings (SSSR count). The Labute approximate surface area is 126 Å². The summed E-state index contributed by atoms with van der Waals surface area (Å²) in [7, 11) is 1.47. The van der Waals surface area contributed by atoms with E-state index in [1.54, 1.807) is 0 Å². The standard InChI is InChI=1S/C13H18N4O5/c1-7(13(19)20)6-16(9-4-5-9)12(18)11-10(17(21)22)8(2)14-15(11)3/h7,9H,4-6H2,1-3H3,(H,19,20). The van der Waals surface area contributed by atoms with Gasteiger partial charge in [0.1, 0.15) is 5.69 Å². The number of hydrogen-bond acceptors (Lipinski definition) is 5. The molecule has 0 spiro atoms. The van der Waals surface area contributed by atoms with Gasteiger partial charge in [0.15, 0.2) is 0 Å². The molecule has 0 aliphatic heterocycles. The normalized spacial score (nSPS) is 15.4. The third-order valence-electron chi connectivity index (χ3n) is 3.72. The molecule has 1 fully saturated rings. The number of hydrogen-bond donors (Lipinski definition) is 1. The maximum Gasteiger partial charge on any atom is 0.322 e. The van der Waals surface area contributed by atoms with E-state index in [9.17, 15) is 19.7 Å².